The molecule has 2 heteroatoms. The molecule has 0 heterocycles. The van der Waals surface area contributed by atoms with E-state index in [1.54, 1.807) is 0 Å². The molecule has 3 aromatic carbocycles. The van der Waals surface area contributed by atoms with Gasteiger partial charge in [-0.05, 0) is 47.4 Å². The van der Waals surface area contributed by atoms with Crippen LogP contribution in [0.2, 0.25) is 0 Å². The SMILES string of the molecule is Cc1cc(-c2cccc(OCc3ccccc3)c2)ccc1SC(C)C. The summed E-state index contributed by atoms with van der Waals surface area (Å²) < 4.78 is 5.96. The monoisotopic (exact) mass is 348 g/mol. The lowest BCUT2D eigenvalue weighted by molar-refractivity contribution is 0.306. The molecule has 0 radical (unpaired) electrons. The van der Waals surface area contributed by atoms with Gasteiger partial charge in [-0.3, -0.25) is 0 Å². The molecule has 0 saturated heterocycles. The highest BCUT2D eigenvalue weighted by molar-refractivity contribution is 8.00. The normalized spacial score (nSPS) is 10.9. The van der Waals surface area contributed by atoms with E-state index in [1.165, 1.54) is 27.1 Å². The molecule has 0 fully saturated rings. The number of rotatable bonds is 6. The molecule has 0 saturated carbocycles. The average Bonchev–Trinajstić information content (AvgIpc) is 2.62. The van der Waals surface area contributed by atoms with Crippen molar-refractivity contribution < 1.29 is 4.74 Å². The molecule has 0 unspecified atom stereocenters. The molecule has 1 nitrogen and oxygen atoms in total. The molecular weight excluding hydrogens is 324 g/mol. The molecule has 3 rings (SSSR count). The number of hydrogen-bond donors (Lipinski definition) is 0. The van der Waals surface area contributed by atoms with Crippen LogP contribution in [0.3, 0.4) is 0 Å². The molecule has 0 bridgehead atoms. The van der Waals surface area contributed by atoms with Crippen molar-refractivity contribution in [3.63, 3.8) is 0 Å². The maximum Gasteiger partial charge on any atom is 0.120 e. The summed E-state index contributed by atoms with van der Waals surface area (Å²) in [6.45, 7) is 7.23. The van der Waals surface area contributed by atoms with E-state index in [9.17, 15) is 0 Å². The van der Waals surface area contributed by atoms with Crippen LogP contribution in [0.5, 0.6) is 5.75 Å². The van der Waals surface area contributed by atoms with Gasteiger partial charge in [0.05, 0.1) is 0 Å². The second-order valence-corrected chi connectivity index (χ2v) is 8.07. The van der Waals surface area contributed by atoms with Gasteiger partial charge in [0, 0.05) is 10.1 Å². The molecule has 0 spiro atoms. The van der Waals surface area contributed by atoms with Gasteiger partial charge in [0.25, 0.3) is 0 Å². The zero-order chi connectivity index (χ0) is 17.6. The molecule has 0 N–H and O–H groups in total. The van der Waals surface area contributed by atoms with Gasteiger partial charge >= 0.3 is 0 Å². The number of benzene rings is 3. The summed E-state index contributed by atoms with van der Waals surface area (Å²) in [5.74, 6) is 0.902. The lowest BCUT2D eigenvalue weighted by Crippen LogP contribution is -1.95. The Hall–Kier alpha value is -2.19. The Balaban J connectivity index is 1.76. The molecule has 0 atom stereocenters. The van der Waals surface area contributed by atoms with Crippen LogP contribution in [0.25, 0.3) is 11.1 Å². The quantitative estimate of drug-likeness (QED) is 0.456. The lowest BCUT2D eigenvalue weighted by Gasteiger charge is -2.12. The number of hydrogen-bond acceptors (Lipinski definition) is 2. The van der Waals surface area contributed by atoms with Crippen LogP contribution >= 0.6 is 11.8 Å². The molecule has 0 aromatic heterocycles. The minimum absolute atomic E-state index is 0.591. The van der Waals surface area contributed by atoms with Gasteiger partial charge in [-0.2, -0.15) is 0 Å². The second kappa shape index (κ2) is 8.26. The maximum absolute atomic E-state index is 5.96. The number of ether oxygens (including phenoxy) is 1. The Bertz CT molecular complexity index is 825. The smallest absolute Gasteiger partial charge is 0.120 e. The van der Waals surface area contributed by atoms with E-state index in [0.29, 0.717) is 11.9 Å². The Labute approximate surface area is 155 Å². The average molecular weight is 349 g/mol. The summed E-state index contributed by atoms with van der Waals surface area (Å²) in [5.41, 5.74) is 4.93. The maximum atomic E-state index is 5.96. The van der Waals surface area contributed by atoms with Crippen LogP contribution in [0.15, 0.2) is 77.7 Å². The molecule has 0 aliphatic rings. The molecule has 128 valence electrons. The summed E-state index contributed by atoms with van der Waals surface area (Å²) >= 11 is 1.91. The van der Waals surface area contributed by atoms with Crippen molar-refractivity contribution in [1.29, 1.82) is 0 Å². The number of aryl methyl sites for hydroxylation is 1. The van der Waals surface area contributed by atoms with Crippen LogP contribution in [0, 0.1) is 6.92 Å². The lowest BCUT2D eigenvalue weighted by atomic mass is 10.0. The third kappa shape index (κ3) is 4.90. The van der Waals surface area contributed by atoms with Crippen LogP contribution in [-0.2, 0) is 6.61 Å². The van der Waals surface area contributed by atoms with Gasteiger partial charge in [-0.1, -0.05) is 68.4 Å². The first-order valence-corrected chi connectivity index (χ1v) is 9.54. The van der Waals surface area contributed by atoms with Crippen LogP contribution < -0.4 is 4.74 Å². The van der Waals surface area contributed by atoms with Crippen molar-refractivity contribution >= 4 is 11.8 Å². The highest BCUT2D eigenvalue weighted by atomic mass is 32.2. The summed E-state index contributed by atoms with van der Waals surface area (Å²) in [6.07, 6.45) is 0. The van der Waals surface area contributed by atoms with Gasteiger partial charge in [-0.25, -0.2) is 0 Å². The van der Waals surface area contributed by atoms with Gasteiger partial charge < -0.3 is 4.74 Å². The zero-order valence-electron chi connectivity index (χ0n) is 15.0. The Morgan fingerprint density at radius 2 is 1.60 bits per heavy atom. The van der Waals surface area contributed by atoms with Crippen molar-refractivity contribution in [3.05, 3.63) is 83.9 Å². The predicted molar refractivity (Wildman–Crippen MR) is 108 cm³/mol. The Morgan fingerprint density at radius 3 is 2.32 bits per heavy atom. The largest absolute Gasteiger partial charge is 0.489 e. The van der Waals surface area contributed by atoms with Crippen molar-refractivity contribution in [3.8, 4) is 16.9 Å². The minimum Gasteiger partial charge on any atom is -0.489 e. The molecule has 25 heavy (non-hydrogen) atoms. The van der Waals surface area contributed by atoms with E-state index in [2.05, 4.69) is 69.3 Å². The fourth-order valence-electron chi connectivity index (χ4n) is 2.72. The van der Waals surface area contributed by atoms with Crippen LogP contribution in [0.1, 0.15) is 25.0 Å². The summed E-state index contributed by atoms with van der Waals surface area (Å²) in [5, 5.41) is 0.597. The second-order valence-electron chi connectivity index (χ2n) is 6.45. The van der Waals surface area contributed by atoms with E-state index >= 15 is 0 Å². The standard InChI is InChI=1S/C23H24OS/c1-17(2)25-23-13-12-21(14-18(23)3)20-10-7-11-22(15-20)24-16-19-8-5-4-6-9-19/h4-15,17H,16H2,1-3H3. The third-order valence-corrected chi connectivity index (χ3v) is 5.14. The van der Waals surface area contributed by atoms with Gasteiger partial charge in [0.15, 0.2) is 0 Å². The van der Waals surface area contributed by atoms with Crippen molar-refractivity contribution in [2.75, 3.05) is 0 Å². The van der Waals surface area contributed by atoms with Gasteiger partial charge in [0.1, 0.15) is 12.4 Å². The van der Waals surface area contributed by atoms with Crippen molar-refractivity contribution in [2.45, 2.75) is 37.5 Å². The predicted octanol–water partition coefficient (Wildman–Crippen LogP) is 6.74. The Morgan fingerprint density at radius 1 is 0.840 bits per heavy atom. The van der Waals surface area contributed by atoms with E-state index in [4.69, 9.17) is 4.74 Å². The fraction of sp³-hybridized carbons (Fsp3) is 0.217. The van der Waals surface area contributed by atoms with E-state index in [1.807, 2.05) is 36.0 Å². The van der Waals surface area contributed by atoms with E-state index < -0.39 is 0 Å². The van der Waals surface area contributed by atoms with Crippen molar-refractivity contribution in [2.24, 2.45) is 0 Å². The number of thioether (sulfide) groups is 1. The zero-order valence-corrected chi connectivity index (χ0v) is 15.8. The van der Waals surface area contributed by atoms with Gasteiger partial charge in [0.2, 0.25) is 0 Å². The van der Waals surface area contributed by atoms with Crippen LogP contribution in [0.4, 0.5) is 0 Å². The summed E-state index contributed by atoms with van der Waals surface area (Å²) in [4.78, 5) is 1.36. The summed E-state index contributed by atoms with van der Waals surface area (Å²) in [6, 6.07) is 25.3. The van der Waals surface area contributed by atoms with E-state index in [-0.39, 0.29) is 0 Å². The molecule has 0 amide bonds. The molecule has 0 aliphatic carbocycles. The highest BCUT2D eigenvalue weighted by Gasteiger charge is 2.06. The summed E-state index contributed by atoms with van der Waals surface area (Å²) in [7, 11) is 0. The topological polar surface area (TPSA) is 9.23 Å². The minimum atomic E-state index is 0.591. The fourth-order valence-corrected chi connectivity index (χ4v) is 3.62. The van der Waals surface area contributed by atoms with Gasteiger partial charge in [-0.15, -0.1) is 11.8 Å². The van der Waals surface area contributed by atoms with Crippen molar-refractivity contribution in [1.82, 2.24) is 0 Å². The first kappa shape index (κ1) is 17.6. The molecule has 3 aromatic rings. The Kier molecular flexibility index (Phi) is 5.83. The molecular formula is C23H24OS. The first-order chi connectivity index (χ1) is 12.1. The highest BCUT2D eigenvalue weighted by Crippen LogP contribution is 2.31. The van der Waals surface area contributed by atoms with Crippen LogP contribution in [-0.4, -0.2) is 5.25 Å². The van der Waals surface area contributed by atoms with E-state index in [0.717, 1.165) is 5.75 Å². The first-order valence-electron chi connectivity index (χ1n) is 8.66. The molecule has 0 aliphatic heterocycles. The third-order valence-electron chi connectivity index (χ3n) is 3.95.